The van der Waals surface area contributed by atoms with E-state index in [1.54, 1.807) is 0 Å². The summed E-state index contributed by atoms with van der Waals surface area (Å²) in [5, 5.41) is 9.49. The van der Waals surface area contributed by atoms with Crippen LogP contribution < -0.4 is 0 Å². The molecule has 1 N–H and O–H groups in total. The van der Waals surface area contributed by atoms with Gasteiger partial charge in [0, 0.05) is 11.0 Å². The highest BCUT2D eigenvalue weighted by molar-refractivity contribution is 9.10. The highest BCUT2D eigenvalue weighted by Gasteiger charge is 2.44. The Morgan fingerprint density at radius 1 is 1.43 bits per heavy atom. The predicted octanol–water partition coefficient (Wildman–Crippen LogP) is 3.30. The second-order valence-corrected chi connectivity index (χ2v) is 6.81. The van der Waals surface area contributed by atoms with Crippen LogP contribution in [0.2, 0.25) is 0 Å². The zero-order valence-corrected chi connectivity index (χ0v) is 13.5. The summed E-state index contributed by atoms with van der Waals surface area (Å²) < 4.78 is 13.5. The van der Waals surface area contributed by atoms with E-state index < -0.39 is 23.2 Å². The van der Waals surface area contributed by atoms with E-state index in [9.17, 15) is 19.1 Å². The summed E-state index contributed by atoms with van der Waals surface area (Å²) >= 11 is 3.16. The molecule has 0 bridgehead atoms. The Bertz CT molecular complexity index is 588. The Morgan fingerprint density at radius 2 is 2.10 bits per heavy atom. The SMILES string of the molecule is CC1(C)CCCN(C(=O)c2ccc(F)cc2Br)C1C(=O)O. The number of carboxylic acid groups (broad SMARTS) is 1. The summed E-state index contributed by atoms with van der Waals surface area (Å²) in [6.07, 6.45) is 1.50. The molecule has 0 aromatic heterocycles. The van der Waals surface area contributed by atoms with E-state index in [4.69, 9.17) is 0 Å². The van der Waals surface area contributed by atoms with Gasteiger partial charge in [-0.1, -0.05) is 13.8 Å². The number of rotatable bonds is 2. The number of amides is 1. The highest BCUT2D eigenvalue weighted by Crippen LogP contribution is 2.36. The van der Waals surface area contributed by atoms with Crippen molar-refractivity contribution in [1.29, 1.82) is 0 Å². The molecule has 21 heavy (non-hydrogen) atoms. The van der Waals surface area contributed by atoms with Crippen LogP contribution in [-0.2, 0) is 4.79 Å². The molecule has 1 aromatic rings. The van der Waals surface area contributed by atoms with Crippen LogP contribution in [0.25, 0.3) is 0 Å². The van der Waals surface area contributed by atoms with Crippen LogP contribution in [0.1, 0.15) is 37.0 Å². The van der Waals surface area contributed by atoms with Crippen LogP contribution in [0.5, 0.6) is 0 Å². The minimum atomic E-state index is -1.01. The Morgan fingerprint density at radius 3 is 2.67 bits per heavy atom. The molecule has 1 heterocycles. The van der Waals surface area contributed by atoms with Gasteiger partial charge >= 0.3 is 5.97 Å². The first-order valence-corrected chi connectivity index (χ1v) is 7.52. The van der Waals surface area contributed by atoms with Gasteiger partial charge in [0.15, 0.2) is 0 Å². The van der Waals surface area contributed by atoms with Crippen molar-refractivity contribution < 1.29 is 19.1 Å². The second-order valence-electron chi connectivity index (χ2n) is 5.96. The first kappa shape index (κ1) is 15.9. The van der Waals surface area contributed by atoms with Crippen molar-refractivity contribution in [2.24, 2.45) is 5.41 Å². The van der Waals surface area contributed by atoms with E-state index in [1.807, 2.05) is 13.8 Å². The first-order chi connectivity index (χ1) is 9.74. The quantitative estimate of drug-likeness (QED) is 0.883. The molecule has 0 saturated carbocycles. The van der Waals surface area contributed by atoms with Crippen LogP contribution in [0.15, 0.2) is 22.7 Å². The highest BCUT2D eigenvalue weighted by atomic mass is 79.9. The standard InChI is InChI=1S/C15H17BrFNO3/c1-15(2)6-3-7-18(12(15)14(20)21)13(19)10-5-4-9(17)8-11(10)16/h4-5,8,12H,3,6-7H2,1-2H3,(H,20,21). The van der Waals surface area contributed by atoms with Crippen molar-refractivity contribution >= 4 is 27.8 Å². The molecule has 6 heteroatoms. The fourth-order valence-corrected chi connectivity index (χ4v) is 3.42. The molecule has 1 atom stereocenters. The predicted molar refractivity (Wildman–Crippen MR) is 79.6 cm³/mol. The molecule has 0 spiro atoms. The van der Waals surface area contributed by atoms with Crippen molar-refractivity contribution in [1.82, 2.24) is 4.90 Å². The van der Waals surface area contributed by atoms with Gasteiger partial charge < -0.3 is 10.0 Å². The average Bonchev–Trinajstić information content (AvgIpc) is 2.36. The number of carbonyl (C=O) groups is 2. The Kier molecular flexibility index (Phi) is 4.37. The van der Waals surface area contributed by atoms with E-state index in [0.717, 1.165) is 12.8 Å². The largest absolute Gasteiger partial charge is 0.480 e. The third-order valence-corrected chi connectivity index (χ3v) is 4.58. The van der Waals surface area contributed by atoms with Gasteiger partial charge in [0.1, 0.15) is 11.9 Å². The monoisotopic (exact) mass is 357 g/mol. The maximum atomic E-state index is 13.1. The fourth-order valence-electron chi connectivity index (χ4n) is 2.90. The van der Waals surface area contributed by atoms with Gasteiger partial charge in [-0.2, -0.15) is 0 Å². The van der Waals surface area contributed by atoms with Crippen LogP contribution in [0, 0.1) is 11.2 Å². The van der Waals surface area contributed by atoms with Gasteiger partial charge in [-0.15, -0.1) is 0 Å². The van der Waals surface area contributed by atoms with Crippen LogP contribution in [0.3, 0.4) is 0 Å². The van der Waals surface area contributed by atoms with Gasteiger partial charge in [0.05, 0.1) is 5.56 Å². The maximum absolute atomic E-state index is 13.1. The number of hydrogen-bond donors (Lipinski definition) is 1. The number of likely N-dealkylation sites (tertiary alicyclic amines) is 1. The van der Waals surface area contributed by atoms with E-state index in [1.165, 1.54) is 23.1 Å². The fraction of sp³-hybridized carbons (Fsp3) is 0.467. The third kappa shape index (κ3) is 3.10. The van der Waals surface area contributed by atoms with Crippen LogP contribution >= 0.6 is 15.9 Å². The van der Waals surface area contributed by atoms with Crippen LogP contribution in [0.4, 0.5) is 4.39 Å². The molecule has 1 fully saturated rings. The third-order valence-electron chi connectivity index (χ3n) is 3.93. The normalized spacial score (nSPS) is 21.1. The van der Waals surface area contributed by atoms with Crippen molar-refractivity contribution in [2.75, 3.05) is 6.54 Å². The molecule has 1 unspecified atom stereocenters. The summed E-state index contributed by atoms with van der Waals surface area (Å²) in [6.45, 7) is 4.10. The van der Waals surface area contributed by atoms with E-state index in [0.29, 0.717) is 11.0 Å². The number of carboxylic acids is 1. The smallest absolute Gasteiger partial charge is 0.326 e. The molecule has 114 valence electrons. The molecule has 1 saturated heterocycles. The molecular weight excluding hydrogens is 341 g/mol. The van der Waals surface area contributed by atoms with E-state index in [-0.39, 0.29) is 11.5 Å². The van der Waals surface area contributed by atoms with Gasteiger partial charge in [-0.05, 0) is 52.4 Å². The van der Waals surface area contributed by atoms with Gasteiger partial charge in [0.2, 0.25) is 0 Å². The van der Waals surface area contributed by atoms with Crippen molar-refractivity contribution in [3.05, 3.63) is 34.1 Å². The molecule has 4 nitrogen and oxygen atoms in total. The van der Waals surface area contributed by atoms with Gasteiger partial charge in [-0.25, -0.2) is 9.18 Å². The Labute approximate surface area is 131 Å². The lowest BCUT2D eigenvalue weighted by Crippen LogP contribution is -2.56. The van der Waals surface area contributed by atoms with E-state index >= 15 is 0 Å². The van der Waals surface area contributed by atoms with Crippen LogP contribution in [-0.4, -0.2) is 34.5 Å². The zero-order valence-electron chi connectivity index (χ0n) is 11.9. The molecule has 0 radical (unpaired) electrons. The molecule has 1 aliphatic heterocycles. The summed E-state index contributed by atoms with van der Waals surface area (Å²) in [5.74, 6) is -1.85. The lowest BCUT2D eigenvalue weighted by atomic mass is 9.76. The number of halogens is 2. The minimum absolute atomic E-state index is 0.278. The van der Waals surface area contributed by atoms with Crippen molar-refractivity contribution in [3.63, 3.8) is 0 Å². The summed E-state index contributed by atoms with van der Waals surface area (Å²) in [4.78, 5) is 25.6. The number of carbonyl (C=O) groups excluding carboxylic acids is 1. The lowest BCUT2D eigenvalue weighted by molar-refractivity contribution is -0.148. The average molecular weight is 358 g/mol. The topological polar surface area (TPSA) is 57.6 Å². The lowest BCUT2D eigenvalue weighted by Gasteiger charge is -2.44. The van der Waals surface area contributed by atoms with Gasteiger partial charge in [0.25, 0.3) is 5.91 Å². The Balaban J connectivity index is 2.38. The molecular formula is C15H17BrFNO3. The van der Waals surface area contributed by atoms with E-state index in [2.05, 4.69) is 15.9 Å². The minimum Gasteiger partial charge on any atom is -0.480 e. The first-order valence-electron chi connectivity index (χ1n) is 6.73. The molecule has 1 aromatic carbocycles. The number of hydrogen-bond acceptors (Lipinski definition) is 2. The number of benzene rings is 1. The Hall–Kier alpha value is -1.43. The number of aliphatic carboxylic acids is 1. The van der Waals surface area contributed by atoms with Gasteiger partial charge in [-0.3, -0.25) is 4.79 Å². The molecule has 1 aliphatic rings. The number of piperidine rings is 1. The maximum Gasteiger partial charge on any atom is 0.326 e. The second kappa shape index (κ2) is 5.75. The molecule has 2 rings (SSSR count). The van der Waals surface area contributed by atoms with Crippen molar-refractivity contribution in [2.45, 2.75) is 32.7 Å². The summed E-state index contributed by atoms with van der Waals surface area (Å²) in [5.41, 5.74) is -0.216. The number of nitrogens with zero attached hydrogens (tertiary/aromatic N) is 1. The molecule has 1 amide bonds. The summed E-state index contributed by atoms with van der Waals surface area (Å²) in [6, 6.07) is 2.90. The summed E-state index contributed by atoms with van der Waals surface area (Å²) in [7, 11) is 0. The van der Waals surface area contributed by atoms with Crippen molar-refractivity contribution in [3.8, 4) is 0 Å². The molecule has 0 aliphatic carbocycles. The zero-order chi connectivity index (χ0) is 15.8.